The van der Waals surface area contributed by atoms with Gasteiger partial charge < -0.3 is 15.3 Å². The number of carbonyl (C=O) groups excluding carboxylic acids is 1. The first kappa shape index (κ1) is 34.3. The van der Waals surface area contributed by atoms with Gasteiger partial charge in [-0.3, -0.25) is 4.79 Å². The van der Waals surface area contributed by atoms with Gasteiger partial charge in [0.1, 0.15) is 0 Å². The van der Waals surface area contributed by atoms with Gasteiger partial charge in [-0.15, -0.1) is 22.7 Å². The second-order valence-electron chi connectivity index (χ2n) is 9.99. The van der Waals surface area contributed by atoms with Crippen LogP contribution in [0.25, 0.3) is 0 Å². The third-order valence-electron chi connectivity index (χ3n) is 5.77. The summed E-state index contributed by atoms with van der Waals surface area (Å²) in [4.78, 5) is 24.4. The predicted molar refractivity (Wildman–Crippen MR) is 159 cm³/mol. The second-order valence-corrected chi connectivity index (χ2v) is 14.6. The normalized spacial score (nSPS) is 17.8. The topological polar surface area (TPSA) is 69.6 Å². The Morgan fingerprint density at radius 3 is 1.77 bits per heavy atom. The summed E-state index contributed by atoms with van der Waals surface area (Å²) in [6.45, 7) is 13.3. The molecule has 4 heterocycles. The van der Waals surface area contributed by atoms with Crippen molar-refractivity contribution in [2.75, 3.05) is 26.2 Å². The summed E-state index contributed by atoms with van der Waals surface area (Å²) in [7, 11) is 0. The molecule has 2 aliphatic rings. The predicted octanol–water partition coefficient (Wildman–Crippen LogP) is 8.65. The number of hydrogen-bond donors (Lipinski definition) is 2. The number of aromatic carboxylic acids is 1. The average Bonchev–Trinajstić information content (AvgIpc) is 3.36. The van der Waals surface area contributed by atoms with Crippen molar-refractivity contribution in [3.8, 4) is 0 Å². The summed E-state index contributed by atoms with van der Waals surface area (Å²) < 4.78 is 1.87. The number of nitrogens with zero attached hydrogens (tertiary/aromatic N) is 1. The molecule has 1 amide bonds. The standard InChI is InChI=1S/C12H16BrNOS.C7H15N.C5H3BrO2S.2CH4/c1-12(2)4-3-5-14(8-12)11(15)9-6-10(13)16-7-9;1-7(2)3-5-8-6-4-7;6-4-1-3(2-9-4)5(7)8;;/h6-7H,3-5,8H2,1-2H3;8H,3-6H2,1-2H3;1-2H,(H,7,8);2*1H4. The monoisotopic (exact) mass is 652 g/mol. The van der Waals surface area contributed by atoms with Gasteiger partial charge in [-0.25, -0.2) is 4.79 Å². The molecule has 0 radical (unpaired) electrons. The van der Waals surface area contributed by atoms with Crippen molar-refractivity contribution in [1.29, 1.82) is 0 Å². The van der Waals surface area contributed by atoms with Crippen molar-refractivity contribution >= 4 is 66.4 Å². The van der Waals surface area contributed by atoms with Crippen LogP contribution in [-0.2, 0) is 0 Å². The van der Waals surface area contributed by atoms with Crippen LogP contribution in [0.3, 0.4) is 0 Å². The van der Waals surface area contributed by atoms with Crippen LogP contribution in [-0.4, -0.2) is 48.1 Å². The first-order valence-corrected chi connectivity index (χ1v) is 14.4. The minimum atomic E-state index is -0.878. The summed E-state index contributed by atoms with van der Waals surface area (Å²) in [5, 5.41) is 15.2. The molecule has 0 atom stereocenters. The summed E-state index contributed by atoms with van der Waals surface area (Å²) in [5.41, 5.74) is 2.04. The van der Waals surface area contributed by atoms with Crippen molar-refractivity contribution in [3.05, 3.63) is 41.6 Å². The Bertz CT molecular complexity index is 917. The number of likely N-dealkylation sites (tertiary alicyclic amines) is 1. The summed E-state index contributed by atoms with van der Waals surface area (Å²) in [5.74, 6) is -0.702. The van der Waals surface area contributed by atoms with E-state index in [4.69, 9.17) is 5.11 Å². The fourth-order valence-electron chi connectivity index (χ4n) is 3.73. The van der Waals surface area contributed by atoms with E-state index in [1.807, 2.05) is 16.3 Å². The number of amides is 1. The molecule has 200 valence electrons. The second kappa shape index (κ2) is 15.5. The number of carboxylic acid groups (broad SMARTS) is 1. The lowest BCUT2D eigenvalue weighted by atomic mass is 9.83. The molecule has 2 N–H and O–H groups in total. The van der Waals surface area contributed by atoms with Crippen molar-refractivity contribution in [2.24, 2.45) is 10.8 Å². The Morgan fingerprint density at radius 1 is 0.914 bits per heavy atom. The first-order chi connectivity index (χ1) is 15.4. The summed E-state index contributed by atoms with van der Waals surface area (Å²) >= 11 is 9.48. The van der Waals surface area contributed by atoms with Gasteiger partial charge in [0.2, 0.25) is 0 Å². The number of carbonyl (C=O) groups is 2. The number of hydrogen-bond acceptors (Lipinski definition) is 5. The zero-order valence-corrected chi connectivity index (χ0v) is 24.6. The lowest BCUT2D eigenvalue weighted by molar-refractivity contribution is 0.0583. The van der Waals surface area contributed by atoms with Crippen LogP contribution in [0.15, 0.2) is 30.5 Å². The van der Waals surface area contributed by atoms with Crippen molar-refractivity contribution in [2.45, 2.75) is 68.2 Å². The largest absolute Gasteiger partial charge is 0.478 e. The fraction of sp³-hybridized carbons (Fsp3) is 0.615. The van der Waals surface area contributed by atoms with Gasteiger partial charge in [0, 0.05) is 23.8 Å². The van der Waals surface area contributed by atoms with Gasteiger partial charge in [0.15, 0.2) is 0 Å². The van der Waals surface area contributed by atoms with Gasteiger partial charge in [-0.05, 0) is 93.6 Å². The Balaban J connectivity index is 0.000000523. The van der Waals surface area contributed by atoms with Crippen molar-refractivity contribution in [1.82, 2.24) is 10.2 Å². The fourth-order valence-corrected chi connectivity index (χ4v) is 5.99. The lowest BCUT2D eigenvalue weighted by Crippen LogP contribution is -2.43. The van der Waals surface area contributed by atoms with E-state index in [0.717, 1.165) is 32.6 Å². The molecule has 5 nitrogen and oxygen atoms in total. The Hall–Kier alpha value is -0.740. The summed E-state index contributed by atoms with van der Waals surface area (Å²) in [6.07, 6.45) is 5.01. The number of thiophene rings is 2. The first-order valence-electron chi connectivity index (χ1n) is 11.1. The van der Waals surface area contributed by atoms with Gasteiger partial charge in [0.05, 0.1) is 18.7 Å². The van der Waals surface area contributed by atoms with Gasteiger partial charge >= 0.3 is 5.97 Å². The van der Waals surface area contributed by atoms with E-state index < -0.39 is 5.97 Å². The van der Waals surface area contributed by atoms with Gasteiger partial charge in [-0.2, -0.15) is 0 Å². The highest BCUT2D eigenvalue weighted by Crippen LogP contribution is 2.30. The SMILES string of the molecule is C.C.CC1(C)CCCN(C(=O)c2csc(Br)c2)C1.CC1(C)CCNCC1.O=C(O)c1csc(Br)c1. The Morgan fingerprint density at radius 2 is 1.43 bits per heavy atom. The van der Waals surface area contributed by atoms with Gasteiger partial charge in [-0.1, -0.05) is 42.5 Å². The zero-order chi connectivity index (χ0) is 24.6. The molecule has 0 aliphatic carbocycles. The zero-order valence-electron chi connectivity index (χ0n) is 19.7. The molecular weight excluding hydrogens is 612 g/mol. The third kappa shape index (κ3) is 12.4. The van der Waals surface area contributed by atoms with Crippen LogP contribution in [0.4, 0.5) is 0 Å². The molecule has 9 heteroatoms. The highest BCUT2D eigenvalue weighted by Gasteiger charge is 2.29. The summed E-state index contributed by atoms with van der Waals surface area (Å²) in [6, 6.07) is 3.49. The van der Waals surface area contributed by atoms with E-state index in [-0.39, 0.29) is 26.2 Å². The number of halogens is 2. The van der Waals surface area contributed by atoms with E-state index in [1.54, 1.807) is 22.8 Å². The van der Waals surface area contributed by atoms with Crippen LogP contribution in [0.1, 0.15) is 88.9 Å². The Labute approximate surface area is 237 Å². The third-order valence-corrected chi connectivity index (χ3v) is 8.78. The molecular formula is C26H42Br2N2O3S2. The minimum Gasteiger partial charge on any atom is -0.478 e. The Kier molecular flexibility index (Phi) is 15.2. The number of piperidine rings is 2. The van der Waals surface area contributed by atoms with Crippen molar-refractivity contribution < 1.29 is 14.7 Å². The molecule has 0 spiro atoms. The molecule has 0 unspecified atom stereocenters. The van der Waals surface area contributed by atoms with E-state index >= 15 is 0 Å². The number of carboxylic acids is 1. The number of rotatable bonds is 2. The molecule has 0 aromatic carbocycles. The maximum atomic E-state index is 12.2. The molecule has 2 aliphatic heterocycles. The molecule has 2 saturated heterocycles. The minimum absolute atomic E-state index is 0. The molecule has 2 fully saturated rings. The van der Waals surface area contributed by atoms with Crippen LogP contribution < -0.4 is 5.32 Å². The molecule has 4 rings (SSSR count). The van der Waals surface area contributed by atoms with E-state index in [0.29, 0.717) is 11.0 Å². The van der Waals surface area contributed by atoms with E-state index in [9.17, 15) is 9.59 Å². The van der Waals surface area contributed by atoms with Crippen LogP contribution in [0.2, 0.25) is 0 Å². The van der Waals surface area contributed by atoms with Crippen LogP contribution in [0, 0.1) is 10.8 Å². The molecule has 2 aromatic heterocycles. The highest BCUT2D eigenvalue weighted by molar-refractivity contribution is 9.11. The molecule has 0 bridgehead atoms. The number of nitrogens with one attached hydrogen (secondary N) is 1. The van der Waals surface area contributed by atoms with E-state index in [1.165, 1.54) is 43.7 Å². The smallest absolute Gasteiger partial charge is 0.336 e. The van der Waals surface area contributed by atoms with Gasteiger partial charge in [0.25, 0.3) is 5.91 Å². The van der Waals surface area contributed by atoms with E-state index in [2.05, 4.69) is 64.9 Å². The molecule has 0 saturated carbocycles. The molecule has 2 aromatic rings. The maximum absolute atomic E-state index is 12.2. The quantitative estimate of drug-likeness (QED) is 0.340. The maximum Gasteiger partial charge on any atom is 0.336 e. The molecule has 35 heavy (non-hydrogen) atoms. The van der Waals surface area contributed by atoms with Crippen molar-refractivity contribution in [3.63, 3.8) is 0 Å². The lowest BCUT2D eigenvalue weighted by Gasteiger charge is -2.37. The van der Waals surface area contributed by atoms with Crippen LogP contribution >= 0.6 is 54.5 Å². The van der Waals surface area contributed by atoms with Crippen LogP contribution in [0.5, 0.6) is 0 Å². The highest BCUT2D eigenvalue weighted by atomic mass is 79.9. The average molecular weight is 655 g/mol.